The zero-order valence-electron chi connectivity index (χ0n) is 17.4. The molecule has 0 aliphatic carbocycles. The number of ether oxygens (including phenoxy) is 2. The molecule has 1 atom stereocenters. The summed E-state index contributed by atoms with van der Waals surface area (Å²) in [7, 11) is 1.74. The Balaban J connectivity index is 1.79. The van der Waals surface area contributed by atoms with Crippen molar-refractivity contribution < 1.29 is 36.7 Å². The molecule has 2 heterocycles. The molecule has 1 unspecified atom stereocenters. The average molecular weight is 453 g/mol. The summed E-state index contributed by atoms with van der Waals surface area (Å²) in [6.45, 7) is 2.32. The van der Waals surface area contributed by atoms with Crippen LogP contribution < -0.4 is 15.4 Å². The summed E-state index contributed by atoms with van der Waals surface area (Å²) in [6, 6.07) is 7.41. The van der Waals surface area contributed by atoms with Gasteiger partial charge in [-0.3, -0.25) is 4.90 Å². The van der Waals surface area contributed by atoms with E-state index < -0.39 is 24.4 Å². The second-order valence-electron chi connectivity index (χ2n) is 7.02. The van der Waals surface area contributed by atoms with Gasteiger partial charge in [0.05, 0.1) is 18.4 Å². The molecule has 1 aromatic carbocycles. The summed E-state index contributed by atoms with van der Waals surface area (Å²) >= 11 is 0. The number of halogens is 3. The summed E-state index contributed by atoms with van der Waals surface area (Å²) in [4.78, 5) is 26.7. The number of nitrogens with zero attached hydrogens (tertiary/aromatic N) is 1. The van der Waals surface area contributed by atoms with Crippen molar-refractivity contribution in [3.05, 3.63) is 65.3 Å². The second-order valence-corrected chi connectivity index (χ2v) is 7.02. The van der Waals surface area contributed by atoms with Crippen molar-refractivity contribution in [3.8, 4) is 5.75 Å². The molecule has 0 bridgehead atoms. The molecular formula is C21H22F3N3O5. The highest BCUT2D eigenvalue weighted by Gasteiger charge is 2.35. The maximum atomic E-state index is 12.7. The van der Waals surface area contributed by atoms with Gasteiger partial charge in [0, 0.05) is 18.8 Å². The van der Waals surface area contributed by atoms with E-state index >= 15 is 0 Å². The van der Waals surface area contributed by atoms with Crippen LogP contribution in [0.25, 0.3) is 0 Å². The van der Waals surface area contributed by atoms with E-state index in [1.165, 1.54) is 30.5 Å². The number of furan rings is 1. The predicted molar refractivity (Wildman–Crippen MR) is 106 cm³/mol. The molecular weight excluding hydrogens is 431 g/mol. The minimum absolute atomic E-state index is 0.149. The van der Waals surface area contributed by atoms with Gasteiger partial charge < -0.3 is 24.5 Å². The number of hydrogen-bond acceptors (Lipinski definition) is 6. The Morgan fingerprint density at radius 1 is 1.19 bits per heavy atom. The van der Waals surface area contributed by atoms with Crippen molar-refractivity contribution in [1.29, 1.82) is 0 Å². The van der Waals surface area contributed by atoms with Crippen LogP contribution >= 0.6 is 0 Å². The van der Waals surface area contributed by atoms with Gasteiger partial charge in [0.2, 0.25) is 0 Å². The molecule has 11 heteroatoms. The number of carbonyl (C=O) groups is 2. The summed E-state index contributed by atoms with van der Waals surface area (Å²) in [6.07, 6.45) is -3.32. The van der Waals surface area contributed by atoms with Crippen molar-refractivity contribution in [2.24, 2.45) is 0 Å². The second kappa shape index (κ2) is 9.77. The summed E-state index contributed by atoms with van der Waals surface area (Å²) in [5.74, 6) is -0.537. The average Bonchev–Trinajstić information content (AvgIpc) is 3.22. The Kier molecular flexibility index (Phi) is 7.08. The van der Waals surface area contributed by atoms with Crippen LogP contribution in [-0.4, -0.2) is 43.5 Å². The minimum atomic E-state index is -4.76. The lowest BCUT2D eigenvalue weighted by Crippen LogP contribution is -2.48. The zero-order valence-corrected chi connectivity index (χ0v) is 17.4. The Labute approximate surface area is 182 Å². The van der Waals surface area contributed by atoms with Gasteiger partial charge in [0.1, 0.15) is 17.6 Å². The smallest absolute Gasteiger partial charge is 0.467 e. The summed E-state index contributed by atoms with van der Waals surface area (Å²) in [5, 5.41) is 5.31. The number of urea groups is 1. The predicted octanol–water partition coefficient (Wildman–Crippen LogP) is 3.48. The fourth-order valence-electron chi connectivity index (χ4n) is 3.30. The first-order valence-corrected chi connectivity index (χ1v) is 9.70. The molecule has 0 fully saturated rings. The number of amides is 2. The van der Waals surface area contributed by atoms with Gasteiger partial charge in [-0.1, -0.05) is 12.1 Å². The number of alkyl halides is 3. The van der Waals surface area contributed by atoms with Crippen LogP contribution in [0.15, 0.2) is 58.3 Å². The highest BCUT2D eigenvalue weighted by atomic mass is 19.4. The standard InChI is InChI=1S/C21H22F3N3O5/c1-3-30-19(28)17-15(25-20(29)26-18(17)16-5-4-10-31-16)12-27(2)11-13-6-8-14(9-7-13)32-21(22,23)24/h4-10,18H,3,11-12H2,1-2H3,(H2,25,26,29). The Bertz CT molecular complexity index is 972. The summed E-state index contributed by atoms with van der Waals surface area (Å²) in [5.41, 5.74) is 1.26. The van der Waals surface area contributed by atoms with Gasteiger partial charge in [0.15, 0.2) is 0 Å². The lowest BCUT2D eigenvalue weighted by atomic mass is 10.00. The maximum absolute atomic E-state index is 12.7. The molecule has 1 aliphatic rings. The van der Waals surface area contributed by atoms with E-state index in [2.05, 4.69) is 15.4 Å². The quantitative estimate of drug-likeness (QED) is 0.595. The molecule has 32 heavy (non-hydrogen) atoms. The van der Waals surface area contributed by atoms with Crippen molar-refractivity contribution in [2.45, 2.75) is 25.9 Å². The van der Waals surface area contributed by atoms with Gasteiger partial charge in [-0.05, 0) is 43.8 Å². The topological polar surface area (TPSA) is 93.0 Å². The number of hydrogen-bond donors (Lipinski definition) is 2. The van der Waals surface area contributed by atoms with Crippen LogP contribution in [0.5, 0.6) is 5.75 Å². The van der Waals surface area contributed by atoms with Crippen molar-refractivity contribution in [3.63, 3.8) is 0 Å². The van der Waals surface area contributed by atoms with E-state index in [9.17, 15) is 22.8 Å². The molecule has 2 amide bonds. The maximum Gasteiger partial charge on any atom is 0.573 e. The molecule has 0 spiro atoms. The first-order chi connectivity index (χ1) is 15.2. The van der Waals surface area contributed by atoms with Crippen LogP contribution in [0.4, 0.5) is 18.0 Å². The lowest BCUT2D eigenvalue weighted by Gasteiger charge is -2.30. The van der Waals surface area contributed by atoms with Crippen LogP contribution in [0.1, 0.15) is 24.3 Å². The number of carbonyl (C=O) groups excluding carboxylic acids is 2. The molecule has 1 aliphatic heterocycles. The van der Waals surface area contributed by atoms with Crippen molar-refractivity contribution >= 4 is 12.0 Å². The minimum Gasteiger partial charge on any atom is -0.467 e. The Hall–Kier alpha value is -3.47. The Morgan fingerprint density at radius 2 is 1.91 bits per heavy atom. The molecule has 172 valence electrons. The van der Waals surface area contributed by atoms with E-state index in [-0.39, 0.29) is 24.5 Å². The van der Waals surface area contributed by atoms with E-state index in [0.29, 0.717) is 23.6 Å². The van der Waals surface area contributed by atoms with Gasteiger partial charge in [-0.15, -0.1) is 13.2 Å². The first-order valence-electron chi connectivity index (χ1n) is 9.70. The van der Waals surface area contributed by atoms with Crippen molar-refractivity contribution in [2.75, 3.05) is 20.2 Å². The third-order valence-corrected chi connectivity index (χ3v) is 4.51. The van der Waals surface area contributed by atoms with Gasteiger partial charge in [0.25, 0.3) is 0 Å². The fraction of sp³-hybridized carbons (Fsp3) is 0.333. The molecule has 0 saturated carbocycles. The Morgan fingerprint density at radius 3 is 2.50 bits per heavy atom. The number of benzene rings is 1. The third kappa shape index (κ3) is 6.03. The van der Waals surface area contributed by atoms with E-state index in [4.69, 9.17) is 9.15 Å². The highest BCUT2D eigenvalue weighted by Crippen LogP contribution is 2.29. The molecule has 0 saturated heterocycles. The molecule has 2 N–H and O–H groups in total. The van der Waals surface area contributed by atoms with Crippen molar-refractivity contribution in [1.82, 2.24) is 15.5 Å². The van der Waals surface area contributed by atoms with E-state index in [1.807, 2.05) is 0 Å². The van der Waals surface area contributed by atoms with Gasteiger partial charge >= 0.3 is 18.4 Å². The molecule has 3 rings (SSSR count). The van der Waals surface area contributed by atoms with E-state index in [1.54, 1.807) is 31.0 Å². The van der Waals surface area contributed by atoms with Crippen LogP contribution in [0, 0.1) is 0 Å². The fourth-order valence-corrected chi connectivity index (χ4v) is 3.30. The molecule has 1 aromatic heterocycles. The molecule has 2 aromatic rings. The van der Waals surface area contributed by atoms with Gasteiger partial charge in [-0.2, -0.15) is 0 Å². The number of likely N-dealkylation sites (N-methyl/N-ethyl adjacent to an activating group) is 1. The SMILES string of the molecule is CCOC(=O)C1=C(CN(C)Cc2ccc(OC(F)(F)F)cc2)NC(=O)NC1c1ccco1. The number of nitrogens with one attached hydrogen (secondary N) is 2. The monoisotopic (exact) mass is 453 g/mol. The third-order valence-electron chi connectivity index (χ3n) is 4.51. The van der Waals surface area contributed by atoms with Gasteiger partial charge in [-0.25, -0.2) is 9.59 Å². The van der Waals surface area contributed by atoms with E-state index in [0.717, 1.165) is 0 Å². The van der Waals surface area contributed by atoms with Crippen LogP contribution in [-0.2, 0) is 16.1 Å². The number of esters is 1. The highest BCUT2D eigenvalue weighted by molar-refractivity contribution is 5.95. The first kappa shape index (κ1) is 23.2. The van der Waals surface area contributed by atoms with Crippen LogP contribution in [0.3, 0.4) is 0 Å². The lowest BCUT2D eigenvalue weighted by molar-refractivity contribution is -0.274. The zero-order chi connectivity index (χ0) is 23.3. The normalized spacial score (nSPS) is 16.6. The number of rotatable bonds is 8. The summed E-state index contributed by atoms with van der Waals surface area (Å²) < 4.78 is 51.4. The molecule has 8 nitrogen and oxygen atoms in total. The van der Waals surface area contributed by atoms with Crippen LogP contribution in [0.2, 0.25) is 0 Å². The molecule has 0 radical (unpaired) electrons. The largest absolute Gasteiger partial charge is 0.573 e.